The zero-order valence-electron chi connectivity index (χ0n) is 38.5. The molecule has 0 spiro atoms. The van der Waals surface area contributed by atoms with Crippen molar-refractivity contribution in [2.75, 3.05) is 10.6 Å². The lowest BCUT2D eigenvalue weighted by Gasteiger charge is -2.32. The molecule has 340 valence electrons. The van der Waals surface area contributed by atoms with Crippen LogP contribution in [0.25, 0.3) is 0 Å². The van der Waals surface area contributed by atoms with Crippen molar-refractivity contribution in [1.29, 1.82) is 0 Å². The number of nitrogens with one attached hydrogen (secondary N) is 2. The van der Waals surface area contributed by atoms with Crippen LogP contribution in [0.2, 0.25) is 0 Å². The topological polar surface area (TPSA) is 137 Å². The van der Waals surface area contributed by atoms with Crippen LogP contribution in [0.5, 0.6) is 17.2 Å². The number of para-hydroxylation sites is 1. The largest absolute Gasteiger partial charge is 0.489 e. The summed E-state index contributed by atoms with van der Waals surface area (Å²) in [7, 11) is -4.34. The normalized spacial score (nSPS) is 13.5. The summed E-state index contributed by atoms with van der Waals surface area (Å²) >= 11 is 6.93. The summed E-state index contributed by atoms with van der Waals surface area (Å²) < 4.78 is 47.6. The Morgan fingerprint density at radius 3 is 1.86 bits per heavy atom. The molecule has 2 unspecified atom stereocenters. The van der Waals surface area contributed by atoms with Crippen LogP contribution in [0.1, 0.15) is 105 Å². The number of hydrogen-bond acceptors (Lipinski definition) is 8. The van der Waals surface area contributed by atoms with E-state index >= 15 is 0 Å². The van der Waals surface area contributed by atoms with Gasteiger partial charge >= 0.3 is 5.06 Å². The van der Waals surface area contributed by atoms with Crippen LogP contribution in [-0.4, -0.2) is 37.2 Å². The summed E-state index contributed by atoms with van der Waals surface area (Å²) in [6.45, 7) is 19.8. The molecule has 5 rings (SSSR count). The Kier molecular flexibility index (Phi) is 15.5. The molecule has 64 heavy (non-hydrogen) atoms. The number of ketones is 1. The summed E-state index contributed by atoms with van der Waals surface area (Å²) in [6.07, 6.45) is 0.892. The quantitative estimate of drug-likeness (QED) is 0.0617. The highest BCUT2D eigenvalue weighted by molar-refractivity contribution is 7.91. The molecule has 2 atom stereocenters. The maximum Gasteiger partial charge on any atom is 0.320 e. The number of carbonyl (C=O) groups excluding carboxylic acids is 3. The molecule has 0 saturated heterocycles. The molecule has 2 amide bonds. The number of anilines is 2. The Bertz CT molecular complexity index is 2540. The standard InChI is InChI=1S/C52H61ClN2O8S/c1-11-43(62-44-30-24-36(50(7,8)12-2)32-41(44)51(9,10)13-3)46(56)55-42-33-39(63-52(53,47(57)49(4,5)6)48(58)54-37-22-18-15-19-23-37)27-31-45(42)64(59,60)40-28-25-38(26-29-40)61-34-35-20-16-14-17-21-35/h14-33,43H,11-13,34H2,1-10H3,(H,54,58)(H,55,56). The third-order valence-electron chi connectivity index (χ3n) is 11.6. The lowest BCUT2D eigenvalue weighted by molar-refractivity contribution is -0.144. The third kappa shape index (κ3) is 11.5. The fourth-order valence-corrected chi connectivity index (χ4v) is 8.54. The van der Waals surface area contributed by atoms with Crippen molar-refractivity contribution in [3.8, 4) is 17.2 Å². The average Bonchev–Trinajstić information content (AvgIpc) is 3.27. The van der Waals surface area contributed by atoms with E-state index in [1.807, 2.05) is 42.5 Å². The van der Waals surface area contributed by atoms with E-state index in [1.165, 1.54) is 30.3 Å². The van der Waals surface area contributed by atoms with E-state index in [0.717, 1.165) is 29.5 Å². The van der Waals surface area contributed by atoms with Crippen LogP contribution in [0.15, 0.2) is 131 Å². The van der Waals surface area contributed by atoms with Crippen LogP contribution < -0.4 is 24.8 Å². The highest BCUT2D eigenvalue weighted by atomic mass is 35.5. The molecule has 0 saturated carbocycles. The summed E-state index contributed by atoms with van der Waals surface area (Å²) in [5, 5.41) is 2.85. The Morgan fingerprint density at radius 2 is 1.28 bits per heavy atom. The van der Waals surface area contributed by atoms with Crippen molar-refractivity contribution in [3.05, 3.63) is 138 Å². The van der Waals surface area contributed by atoms with Crippen molar-refractivity contribution in [2.24, 2.45) is 5.41 Å². The number of Topliss-reactive ketones (excluding diaryl/α,β-unsaturated/α-hetero) is 1. The van der Waals surface area contributed by atoms with E-state index < -0.39 is 44.0 Å². The first-order chi connectivity index (χ1) is 30.0. The van der Waals surface area contributed by atoms with E-state index in [4.69, 9.17) is 25.8 Å². The summed E-state index contributed by atoms with van der Waals surface area (Å²) in [5.74, 6) is -1.52. The number of rotatable bonds is 19. The Hall–Kier alpha value is -5.65. The zero-order valence-corrected chi connectivity index (χ0v) is 40.1. The van der Waals surface area contributed by atoms with Gasteiger partial charge in [0.05, 0.1) is 15.5 Å². The highest BCUT2D eigenvalue weighted by Gasteiger charge is 2.51. The van der Waals surface area contributed by atoms with Gasteiger partial charge in [-0.1, -0.05) is 142 Å². The van der Waals surface area contributed by atoms with E-state index in [9.17, 15) is 22.8 Å². The van der Waals surface area contributed by atoms with Crippen LogP contribution >= 0.6 is 11.6 Å². The first kappa shape index (κ1) is 49.4. The lowest BCUT2D eigenvalue weighted by Crippen LogP contribution is -2.54. The molecule has 0 aliphatic heterocycles. The predicted octanol–water partition coefficient (Wildman–Crippen LogP) is 11.8. The van der Waals surface area contributed by atoms with Crippen molar-refractivity contribution >= 4 is 50.4 Å². The highest BCUT2D eigenvalue weighted by Crippen LogP contribution is 2.40. The van der Waals surface area contributed by atoms with E-state index in [2.05, 4.69) is 58.2 Å². The molecule has 0 aliphatic carbocycles. The minimum absolute atomic E-state index is 0.0783. The van der Waals surface area contributed by atoms with Crippen molar-refractivity contribution in [3.63, 3.8) is 0 Å². The first-order valence-electron chi connectivity index (χ1n) is 21.6. The van der Waals surface area contributed by atoms with Crippen LogP contribution in [-0.2, 0) is 41.7 Å². The third-order valence-corrected chi connectivity index (χ3v) is 13.9. The van der Waals surface area contributed by atoms with Gasteiger partial charge in [-0.05, 0) is 95.8 Å². The van der Waals surface area contributed by atoms with Crippen molar-refractivity contribution < 1.29 is 37.0 Å². The van der Waals surface area contributed by atoms with Crippen molar-refractivity contribution in [1.82, 2.24) is 0 Å². The number of sulfone groups is 1. The molecule has 5 aromatic rings. The van der Waals surface area contributed by atoms with Gasteiger partial charge in [-0.3, -0.25) is 14.4 Å². The summed E-state index contributed by atoms with van der Waals surface area (Å²) in [5.41, 5.74) is 1.67. The number of carbonyl (C=O) groups is 3. The molecule has 5 aromatic carbocycles. The van der Waals surface area contributed by atoms with Crippen molar-refractivity contribution in [2.45, 2.75) is 127 Å². The molecular formula is C52H61ClN2O8S. The van der Waals surface area contributed by atoms with Gasteiger partial charge in [0.1, 0.15) is 23.9 Å². The predicted molar refractivity (Wildman–Crippen MR) is 254 cm³/mol. The van der Waals surface area contributed by atoms with E-state index in [-0.39, 0.29) is 45.1 Å². The molecule has 2 N–H and O–H groups in total. The maximum absolute atomic E-state index is 14.5. The molecule has 0 bridgehead atoms. The fraction of sp³-hybridized carbons (Fsp3) is 0.365. The second-order valence-electron chi connectivity index (χ2n) is 18.2. The van der Waals surface area contributed by atoms with Crippen LogP contribution in [0, 0.1) is 5.41 Å². The van der Waals surface area contributed by atoms with Crippen LogP contribution in [0.4, 0.5) is 11.4 Å². The smallest absolute Gasteiger partial charge is 0.320 e. The molecular weight excluding hydrogens is 848 g/mol. The van der Waals surface area contributed by atoms with Gasteiger partial charge in [-0.25, -0.2) is 8.42 Å². The van der Waals surface area contributed by atoms with Gasteiger partial charge in [-0.2, -0.15) is 0 Å². The molecule has 0 fully saturated rings. The van der Waals surface area contributed by atoms with Crippen LogP contribution in [0.3, 0.4) is 0 Å². The fourth-order valence-electron chi connectivity index (χ4n) is 6.73. The number of alkyl halides is 1. The van der Waals surface area contributed by atoms with E-state index in [0.29, 0.717) is 17.2 Å². The number of benzene rings is 5. The van der Waals surface area contributed by atoms with Gasteiger partial charge < -0.3 is 24.8 Å². The average molecular weight is 910 g/mol. The summed E-state index contributed by atoms with van der Waals surface area (Å²) in [6, 6.07) is 33.8. The molecule has 10 nitrogen and oxygen atoms in total. The maximum atomic E-state index is 14.5. The molecule has 12 heteroatoms. The lowest BCUT2D eigenvalue weighted by atomic mass is 9.76. The number of amides is 2. The molecule has 0 radical (unpaired) electrons. The monoisotopic (exact) mass is 908 g/mol. The van der Waals surface area contributed by atoms with Gasteiger partial charge in [0.2, 0.25) is 15.6 Å². The Balaban J connectivity index is 1.56. The van der Waals surface area contributed by atoms with Gasteiger partial charge in [0.15, 0.2) is 6.10 Å². The van der Waals surface area contributed by atoms with Gasteiger partial charge in [-0.15, -0.1) is 0 Å². The SMILES string of the molecule is CCC(Oc1ccc(C(C)(C)CC)cc1C(C)(C)CC)C(=O)Nc1cc(OC(Cl)(C(=O)Nc2ccccc2)C(=O)C(C)(C)C)ccc1S(=O)(=O)c1ccc(OCc2ccccc2)cc1. The van der Waals surface area contributed by atoms with Gasteiger partial charge in [0.25, 0.3) is 11.8 Å². The second kappa shape index (κ2) is 20.0. The Labute approximate surface area is 384 Å². The number of hydrogen-bond donors (Lipinski definition) is 2. The zero-order chi connectivity index (χ0) is 47.1. The first-order valence-corrected chi connectivity index (χ1v) is 23.5. The van der Waals surface area contributed by atoms with E-state index in [1.54, 1.807) is 70.2 Å². The Morgan fingerprint density at radius 1 is 0.688 bits per heavy atom. The minimum atomic E-state index is -4.34. The molecule has 0 heterocycles. The molecule has 0 aromatic heterocycles. The second-order valence-corrected chi connectivity index (χ2v) is 20.6. The minimum Gasteiger partial charge on any atom is -0.489 e. The summed E-state index contributed by atoms with van der Waals surface area (Å²) in [4.78, 5) is 41.9. The number of halogens is 1. The number of ether oxygens (including phenoxy) is 3. The van der Waals surface area contributed by atoms with Gasteiger partial charge in [0, 0.05) is 22.7 Å². The molecule has 0 aliphatic rings.